The molecule has 0 saturated carbocycles. The van der Waals surface area contributed by atoms with Crippen molar-refractivity contribution in [1.29, 1.82) is 0 Å². The van der Waals surface area contributed by atoms with Gasteiger partial charge in [-0.3, -0.25) is 14.4 Å². The molecule has 2 aromatic rings. The van der Waals surface area contributed by atoms with Gasteiger partial charge < -0.3 is 15.4 Å². The van der Waals surface area contributed by atoms with Crippen LogP contribution in [0.25, 0.3) is 0 Å². The van der Waals surface area contributed by atoms with E-state index >= 15 is 0 Å². The summed E-state index contributed by atoms with van der Waals surface area (Å²) in [6, 6.07) is 14.7. The van der Waals surface area contributed by atoms with Gasteiger partial charge in [0.15, 0.2) is 6.61 Å². The van der Waals surface area contributed by atoms with E-state index in [0.717, 1.165) is 16.1 Å². The molecule has 0 saturated heterocycles. The molecule has 7 heteroatoms. The Balaban J connectivity index is 1.47. The maximum Gasteiger partial charge on any atom is 0.307 e. The summed E-state index contributed by atoms with van der Waals surface area (Å²) < 4.78 is 4.99. The number of hydrogen-bond donors (Lipinski definition) is 2. The van der Waals surface area contributed by atoms with Crippen LogP contribution in [0.2, 0.25) is 0 Å². The molecule has 0 unspecified atom stereocenters. The van der Waals surface area contributed by atoms with Gasteiger partial charge in [-0.25, -0.2) is 0 Å². The van der Waals surface area contributed by atoms with Crippen molar-refractivity contribution in [2.45, 2.75) is 23.5 Å². The molecule has 0 spiro atoms. The molecule has 1 aliphatic rings. The zero-order chi connectivity index (χ0) is 18.5. The summed E-state index contributed by atoms with van der Waals surface area (Å²) in [6.45, 7) is 1.56. The number of carbonyl (C=O) groups is 3. The van der Waals surface area contributed by atoms with Gasteiger partial charge in [0, 0.05) is 10.6 Å². The average Bonchev–Trinajstić information content (AvgIpc) is 2.62. The van der Waals surface area contributed by atoms with Crippen molar-refractivity contribution in [2.24, 2.45) is 0 Å². The molecule has 26 heavy (non-hydrogen) atoms. The Kier molecular flexibility index (Phi) is 5.58. The monoisotopic (exact) mass is 370 g/mol. The number of benzene rings is 2. The highest BCUT2D eigenvalue weighted by Gasteiger charge is 2.29. The fraction of sp³-hybridized carbons (Fsp3) is 0.211. The molecular weight excluding hydrogens is 352 g/mol. The molecule has 0 aliphatic carbocycles. The number of amides is 2. The van der Waals surface area contributed by atoms with E-state index in [-0.39, 0.29) is 18.9 Å². The van der Waals surface area contributed by atoms with Crippen LogP contribution in [0.1, 0.15) is 12.0 Å². The minimum absolute atomic E-state index is 0.0946. The van der Waals surface area contributed by atoms with Gasteiger partial charge in [-0.05, 0) is 31.2 Å². The van der Waals surface area contributed by atoms with E-state index in [1.165, 1.54) is 11.8 Å². The molecule has 0 bridgehead atoms. The molecule has 1 heterocycles. The number of aryl methyl sites for hydroxylation is 1. The maximum absolute atomic E-state index is 12.1. The molecule has 2 N–H and O–H groups in total. The summed E-state index contributed by atoms with van der Waals surface area (Å²) >= 11 is 1.32. The molecule has 0 radical (unpaired) electrons. The van der Waals surface area contributed by atoms with Gasteiger partial charge in [-0.15, -0.1) is 11.8 Å². The number of nitrogens with one attached hydrogen (secondary N) is 2. The zero-order valence-electron chi connectivity index (χ0n) is 14.2. The van der Waals surface area contributed by atoms with Crippen molar-refractivity contribution in [3.05, 3.63) is 54.1 Å². The first-order chi connectivity index (χ1) is 12.5. The second-order valence-electron chi connectivity index (χ2n) is 5.87. The number of hydrogen-bond acceptors (Lipinski definition) is 5. The van der Waals surface area contributed by atoms with E-state index in [1.807, 2.05) is 43.3 Å². The van der Waals surface area contributed by atoms with Gasteiger partial charge in [0.25, 0.3) is 5.91 Å². The van der Waals surface area contributed by atoms with Crippen LogP contribution in [0.3, 0.4) is 0 Å². The number of para-hydroxylation sites is 1. The highest BCUT2D eigenvalue weighted by Crippen LogP contribution is 2.36. The summed E-state index contributed by atoms with van der Waals surface area (Å²) in [6.07, 6.45) is -0.0946. The predicted octanol–water partition coefficient (Wildman–Crippen LogP) is 2.98. The van der Waals surface area contributed by atoms with Gasteiger partial charge >= 0.3 is 5.97 Å². The fourth-order valence-corrected chi connectivity index (χ4v) is 3.51. The number of anilines is 2. The number of rotatable bonds is 5. The molecule has 1 atom stereocenters. The van der Waals surface area contributed by atoms with E-state index in [2.05, 4.69) is 10.6 Å². The summed E-state index contributed by atoms with van der Waals surface area (Å²) in [5, 5.41) is 4.85. The molecule has 6 nitrogen and oxygen atoms in total. The first-order valence-corrected chi connectivity index (χ1v) is 8.98. The maximum atomic E-state index is 12.1. The largest absolute Gasteiger partial charge is 0.456 e. The van der Waals surface area contributed by atoms with Crippen LogP contribution < -0.4 is 10.6 Å². The second-order valence-corrected chi connectivity index (χ2v) is 7.12. The number of fused-ring (bicyclic) bond motifs is 1. The molecular formula is C19H18N2O4S. The first kappa shape index (κ1) is 18.0. The minimum Gasteiger partial charge on any atom is -0.456 e. The second kappa shape index (κ2) is 8.05. The van der Waals surface area contributed by atoms with E-state index in [9.17, 15) is 14.4 Å². The minimum atomic E-state index is -0.587. The van der Waals surface area contributed by atoms with Gasteiger partial charge in [0.2, 0.25) is 5.91 Å². The smallest absolute Gasteiger partial charge is 0.307 e. The fourth-order valence-electron chi connectivity index (χ4n) is 2.42. The summed E-state index contributed by atoms with van der Waals surface area (Å²) in [5.74, 6) is -1.25. The average molecular weight is 370 g/mol. The Morgan fingerprint density at radius 1 is 1.15 bits per heavy atom. The van der Waals surface area contributed by atoms with Crippen LogP contribution in [-0.2, 0) is 19.1 Å². The molecule has 2 aromatic carbocycles. The van der Waals surface area contributed by atoms with Crippen LogP contribution in [0.15, 0.2) is 53.4 Å². The zero-order valence-corrected chi connectivity index (χ0v) is 15.0. The number of carbonyl (C=O) groups excluding carboxylic acids is 3. The van der Waals surface area contributed by atoms with Gasteiger partial charge in [-0.2, -0.15) is 0 Å². The van der Waals surface area contributed by atoms with E-state index in [1.54, 1.807) is 12.1 Å². The third kappa shape index (κ3) is 4.64. The molecule has 0 fully saturated rings. The van der Waals surface area contributed by atoms with Gasteiger partial charge in [0.1, 0.15) is 0 Å². The third-order valence-electron chi connectivity index (χ3n) is 3.76. The van der Waals surface area contributed by atoms with Crippen LogP contribution >= 0.6 is 11.8 Å². The Labute approximate surface area is 155 Å². The van der Waals surface area contributed by atoms with Crippen LogP contribution in [0.4, 0.5) is 11.4 Å². The van der Waals surface area contributed by atoms with E-state index in [4.69, 9.17) is 4.74 Å². The topological polar surface area (TPSA) is 84.5 Å². The van der Waals surface area contributed by atoms with Crippen molar-refractivity contribution in [1.82, 2.24) is 0 Å². The molecule has 134 valence electrons. The molecule has 3 rings (SSSR count). The van der Waals surface area contributed by atoms with E-state index < -0.39 is 17.1 Å². The van der Waals surface area contributed by atoms with Crippen molar-refractivity contribution in [3.63, 3.8) is 0 Å². The lowest BCUT2D eigenvalue weighted by atomic mass is 10.2. The summed E-state index contributed by atoms with van der Waals surface area (Å²) in [7, 11) is 0. The van der Waals surface area contributed by atoms with Crippen LogP contribution in [0.5, 0.6) is 0 Å². The first-order valence-electron chi connectivity index (χ1n) is 8.10. The Morgan fingerprint density at radius 3 is 2.65 bits per heavy atom. The predicted molar refractivity (Wildman–Crippen MR) is 100 cm³/mol. The standard InChI is InChI=1S/C19H18N2O4S/c1-12-6-8-13(9-7-12)20-17(22)11-25-18(23)10-16-19(24)21-14-4-2-3-5-15(14)26-16/h2-9,16H,10-11H2,1H3,(H,20,22)(H,21,24)/t16-/m0/s1. The Morgan fingerprint density at radius 2 is 1.88 bits per heavy atom. The molecule has 1 aliphatic heterocycles. The lowest BCUT2D eigenvalue weighted by Crippen LogP contribution is -2.32. The van der Waals surface area contributed by atoms with Crippen molar-refractivity contribution >= 4 is 40.9 Å². The number of thioether (sulfide) groups is 1. The molecule has 2 amide bonds. The lowest BCUT2D eigenvalue weighted by molar-refractivity contribution is -0.147. The summed E-state index contributed by atoms with van der Waals surface area (Å²) in [5.41, 5.74) is 2.46. The van der Waals surface area contributed by atoms with E-state index in [0.29, 0.717) is 5.69 Å². The quantitative estimate of drug-likeness (QED) is 0.791. The summed E-state index contributed by atoms with van der Waals surface area (Å²) in [4.78, 5) is 36.8. The van der Waals surface area contributed by atoms with Crippen molar-refractivity contribution < 1.29 is 19.1 Å². The van der Waals surface area contributed by atoms with Crippen LogP contribution in [-0.4, -0.2) is 29.6 Å². The SMILES string of the molecule is Cc1ccc(NC(=O)COC(=O)C[C@@H]2Sc3ccccc3NC2=O)cc1. The van der Waals surface area contributed by atoms with Gasteiger partial charge in [-0.1, -0.05) is 29.8 Å². The van der Waals surface area contributed by atoms with Crippen molar-refractivity contribution in [3.8, 4) is 0 Å². The Bertz CT molecular complexity index is 836. The highest BCUT2D eigenvalue weighted by molar-refractivity contribution is 8.01. The normalized spacial score (nSPS) is 15.6. The van der Waals surface area contributed by atoms with Crippen LogP contribution in [0, 0.1) is 6.92 Å². The van der Waals surface area contributed by atoms with Crippen molar-refractivity contribution in [2.75, 3.05) is 17.2 Å². The van der Waals surface area contributed by atoms with Gasteiger partial charge in [0.05, 0.1) is 17.4 Å². The number of esters is 1. The highest BCUT2D eigenvalue weighted by atomic mass is 32.2. The Hall–Kier alpha value is -2.80. The molecule has 0 aromatic heterocycles. The number of ether oxygens (including phenoxy) is 1. The third-order valence-corrected chi connectivity index (χ3v) is 5.03. The lowest BCUT2D eigenvalue weighted by Gasteiger charge is -2.23.